The van der Waals surface area contributed by atoms with Crippen LogP contribution in [0.4, 0.5) is 51.7 Å². The molecule has 3 heterocycles. The largest absolute Gasteiger partial charge is 0.454 e. The summed E-state index contributed by atoms with van der Waals surface area (Å²) in [4.78, 5) is 4.99. The summed E-state index contributed by atoms with van der Waals surface area (Å²) in [5.41, 5.74) is 5.70. The highest BCUT2D eigenvalue weighted by Crippen LogP contribution is 2.54. The van der Waals surface area contributed by atoms with Gasteiger partial charge in [-0.05, 0) is 83.4 Å². The van der Waals surface area contributed by atoms with E-state index in [4.69, 9.17) is 8.83 Å². The number of anilines is 6. The van der Waals surface area contributed by atoms with Crippen molar-refractivity contribution in [2.24, 2.45) is 0 Å². The topological polar surface area (TPSA) is 32.8 Å². The maximum absolute atomic E-state index is 16.9. The van der Waals surface area contributed by atoms with E-state index >= 15 is 17.6 Å². The molecular formula is C58H32F4N2O2S. The first kappa shape index (κ1) is 39.1. The van der Waals surface area contributed by atoms with Gasteiger partial charge in [0, 0.05) is 53.5 Å². The van der Waals surface area contributed by atoms with Crippen LogP contribution in [0.3, 0.4) is 0 Å². The van der Waals surface area contributed by atoms with Gasteiger partial charge < -0.3 is 18.6 Å². The molecule has 13 rings (SSSR count). The van der Waals surface area contributed by atoms with E-state index in [2.05, 4.69) is 53.4 Å². The lowest BCUT2D eigenvalue weighted by Crippen LogP contribution is -2.17. The Bertz CT molecular complexity index is 3950. The van der Waals surface area contributed by atoms with Crippen molar-refractivity contribution >= 4 is 101 Å². The zero-order chi connectivity index (χ0) is 44.9. The fourth-order valence-corrected chi connectivity index (χ4v) is 11.0. The molecule has 0 atom stereocenters. The van der Waals surface area contributed by atoms with Gasteiger partial charge >= 0.3 is 0 Å². The zero-order valence-electron chi connectivity index (χ0n) is 35.1. The van der Waals surface area contributed by atoms with E-state index in [-0.39, 0.29) is 16.9 Å². The van der Waals surface area contributed by atoms with E-state index in [0.29, 0.717) is 21.4 Å². The molecule has 1 aliphatic rings. The monoisotopic (exact) mass is 896 g/mol. The summed E-state index contributed by atoms with van der Waals surface area (Å²) in [6.07, 6.45) is 0. The summed E-state index contributed by atoms with van der Waals surface area (Å²) in [6, 6.07) is 60.4. The van der Waals surface area contributed by atoms with Gasteiger partial charge in [-0.2, -0.15) is 0 Å². The van der Waals surface area contributed by atoms with Crippen LogP contribution in [0, 0.1) is 23.3 Å². The summed E-state index contributed by atoms with van der Waals surface area (Å²) in [7, 11) is 0. The molecule has 0 fully saturated rings. The number of fused-ring (bicyclic) bond motifs is 8. The van der Waals surface area contributed by atoms with Gasteiger partial charge in [-0.15, -0.1) is 0 Å². The molecule has 2 aromatic heterocycles. The minimum Gasteiger partial charge on any atom is -0.454 e. The average Bonchev–Trinajstić information content (AvgIpc) is 3.95. The first-order chi connectivity index (χ1) is 32.9. The second-order valence-corrected chi connectivity index (χ2v) is 17.5. The van der Waals surface area contributed by atoms with Gasteiger partial charge in [-0.3, -0.25) is 0 Å². The molecule has 320 valence electrons. The summed E-state index contributed by atoms with van der Waals surface area (Å²) in [6.45, 7) is 0. The molecule has 1 aliphatic heterocycles. The second-order valence-electron chi connectivity index (χ2n) is 16.4. The third-order valence-electron chi connectivity index (χ3n) is 12.7. The first-order valence-corrected chi connectivity index (χ1v) is 22.5. The number of furan rings is 2. The van der Waals surface area contributed by atoms with Gasteiger partial charge in [0.1, 0.15) is 16.9 Å². The van der Waals surface area contributed by atoms with Crippen molar-refractivity contribution in [3.05, 3.63) is 217 Å². The van der Waals surface area contributed by atoms with Crippen LogP contribution in [0.5, 0.6) is 0 Å². The van der Waals surface area contributed by atoms with Crippen LogP contribution in [0.15, 0.2) is 213 Å². The number of hydrogen-bond acceptors (Lipinski definition) is 5. The van der Waals surface area contributed by atoms with Gasteiger partial charge in [-0.1, -0.05) is 139 Å². The predicted octanol–water partition coefficient (Wildman–Crippen LogP) is 17.9. The Morgan fingerprint density at radius 3 is 1.51 bits per heavy atom. The molecule has 67 heavy (non-hydrogen) atoms. The summed E-state index contributed by atoms with van der Waals surface area (Å²) in [5.74, 6) is -6.11. The lowest BCUT2D eigenvalue weighted by molar-refractivity contribution is 0.461. The van der Waals surface area contributed by atoms with Crippen molar-refractivity contribution < 1.29 is 26.4 Å². The number of rotatable bonds is 7. The van der Waals surface area contributed by atoms with E-state index in [0.717, 1.165) is 71.2 Å². The van der Waals surface area contributed by atoms with Gasteiger partial charge in [0.05, 0.1) is 22.6 Å². The Morgan fingerprint density at radius 2 is 0.881 bits per heavy atom. The lowest BCUT2D eigenvalue weighted by atomic mass is 9.93. The molecule has 12 aromatic rings. The van der Waals surface area contributed by atoms with Gasteiger partial charge in [0.2, 0.25) is 0 Å². The number of benzene rings is 10. The highest BCUT2D eigenvalue weighted by atomic mass is 32.2. The molecule has 10 aromatic carbocycles. The fraction of sp³-hybridized carbons (Fsp3) is 0. The van der Waals surface area contributed by atoms with Gasteiger partial charge in [0.15, 0.2) is 34.4 Å². The first-order valence-electron chi connectivity index (χ1n) is 21.7. The SMILES string of the molecule is Fc1c(F)c(N(c2ccccc2)c2cccc3c2oc2ccccc23)c(F)c(F)c1-c1ccc2c(c1)Sc1cccc3c(N(c4ccccc4)c4cccc5c4oc4ccccc45)ccc-2c13. The van der Waals surface area contributed by atoms with Crippen molar-refractivity contribution in [1.82, 2.24) is 0 Å². The third-order valence-corrected chi connectivity index (χ3v) is 13.9. The van der Waals surface area contributed by atoms with Gasteiger partial charge in [0.25, 0.3) is 0 Å². The standard InChI is InChI=1S/C58H32F4N2O2S/c59-52-50(53(60)55(62)56(54(52)61)64(35-16-5-2-6-17-35)45-24-12-21-41-37-19-8-10-26-47(37)66-58(41)45)33-28-29-38-39-30-31-43(42-22-13-27-48(51(39)42)67-49(38)32-33)63(34-14-3-1-4-15-34)44-23-11-20-40-36-18-7-9-25-46(36)65-57(40)44/h1-32H. The minimum absolute atomic E-state index is 0.00215. The molecule has 4 nitrogen and oxygen atoms in total. The molecule has 0 spiro atoms. The molecular weight excluding hydrogens is 865 g/mol. The molecule has 0 bridgehead atoms. The summed E-state index contributed by atoms with van der Waals surface area (Å²) < 4.78 is 80.3. The molecule has 0 unspecified atom stereocenters. The normalized spacial score (nSPS) is 12.1. The predicted molar refractivity (Wildman–Crippen MR) is 263 cm³/mol. The van der Waals surface area contributed by atoms with Crippen LogP contribution in [0.25, 0.3) is 76.9 Å². The average molecular weight is 897 g/mol. The maximum atomic E-state index is 16.9. The molecule has 0 saturated carbocycles. The van der Waals surface area contributed by atoms with Crippen LogP contribution in [0.1, 0.15) is 0 Å². The highest BCUT2D eigenvalue weighted by molar-refractivity contribution is 7.99. The van der Waals surface area contributed by atoms with E-state index in [1.54, 1.807) is 60.7 Å². The van der Waals surface area contributed by atoms with E-state index < -0.39 is 34.5 Å². The van der Waals surface area contributed by atoms with Crippen molar-refractivity contribution in [2.45, 2.75) is 9.79 Å². The maximum Gasteiger partial charge on any atom is 0.186 e. The Balaban J connectivity index is 0.939. The van der Waals surface area contributed by atoms with E-state index in [1.165, 1.54) is 22.7 Å². The summed E-state index contributed by atoms with van der Waals surface area (Å²) >= 11 is 1.44. The van der Waals surface area contributed by atoms with Crippen molar-refractivity contribution in [2.75, 3.05) is 9.80 Å². The number of para-hydroxylation sites is 6. The van der Waals surface area contributed by atoms with Crippen LogP contribution in [0.2, 0.25) is 0 Å². The van der Waals surface area contributed by atoms with Crippen LogP contribution in [-0.4, -0.2) is 0 Å². The number of nitrogens with zero attached hydrogens (tertiary/aromatic N) is 2. The Labute approximate surface area is 384 Å². The van der Waals surface area contributed by atoms with Crippen LogP contribution >= 0.6 is 11.8 Å². The number of hydrogen-bond donors (Lipinski definition) is 0. The Morgan fingerprint density at radius 1 is 0.373 bits per heavy atom. The summed E-state index contributed by atoms with van der Waals surface area (Å²) in [5, 5.41) is 5.49. The molecule has 0 saturated heterocycles. The quantitative estimate of drug-likeness (QED) is 0.118. The Hall–Kier alpha value is -8.27. The number of halogens is 4. The fourth-order valence-electron chi connectivity index (χ4n) is 9.80. The second kappa shape index (κ2) is 15.2. The third kappa shape index (κ3) is 5.94. The molecule has 0 amide bonds. The molecule has 0 radical (unpaired) electrons. The van der Waals surface area contributed by atoms with Crippen LogP contribution in [-0.2, 0) is 0 Å². The molecule has 9 heteroatoms. The Kier molecular flexibility index (Phi) is 8.85. The lowest BCUT2D eigenvalue weighted by Gasteiger charge is -2.29. The minimum atomic E-state index is -1.54. The smallest absolute Gasteiger partial charge is 0.186 e. The highest BCUT2D eigenvalue weighted by Gasteiger charge is 2.33. The van der Waals surface area contributed by atoms with Gasteiger partial charge in [-0.25, -0.2) is 17.6 Å². The molecule has 0 N–H and O–H groups in total. The van der Waals surface area contributed by atoms with E-state index in [1.807, 2.05) is 78.9 Å². The van der Waals surface area contributed by atoms with Crippen LogP contribution < -0.4 is 9.80 Å². The van der Waals surface area contributed by atoms with E-state index in [9.17, 15) is 0 Å². The zero-order valence-corrected chi connectivity index (χ0v) is 35.9. The molecule has 0 aliphatic carbocycles. The van der Waals surface area contributed by atoms with Crippen molar-refractivity contribution in [3.8, 4) is 22.3 Å². The van der Waals surface area contributed by atoms with Crippen molar-refractivity contribution in [3.63, 3.8) is 0 Å². The van der Waals surface area contributed by atoms with Crippen molar-refractivity contribution in [1.29, 1.82) is 0 Å².